The van der Waals surface area contributed by atoms with Gasteiger partial charge in [0.2, 0.25) is 0 Å². The number of imidazole rings is 1. The van der Waals surface area contributed by atoms with Gasteiger partial charge in [-0.05, 0) is 48.6 Å². The van der Waals surface area contributed by atoms with Crippen molar-refractivity contribution in [3.63, 3.8) is 0 Å². The van der Waals surface area contributed by atoms with Crippen LogP contribution in [0.25, 0.3) is 10.9 Å². The number of aromatic nitrogens is 3. The van der Waals surface area contributed by atoms with Crippen molar-refractivity contribution in [2.24, 2.45) is 4.99 Å². The summed E-state index contributed by atoms with van der Waals surface area (Å²) in [6.07, 6.45) is 8.67. The van der Waals surface area contributed by atoms with Gasteiger partial charge in [-0.3, -0.25) is 0 Å². The average molecular weight is 415 g/mol. The number of fused-ring (bicyclic) bond motifs is 1. The van der Waals surface area contributed by atoms with E-state index >= 15 is 0 Å². The molecule has 0 unspecified atom stereocenters. The Morgan fingerprint density at radius 2 is 1.94 bits per heavy atom. The summed E-state index contributed by atoms with van der Waals surface area (Å²) in [5.74, 6) is 0.848. The molecule has 0 aliphatic rings. The number of rotatable bonds is 8. The number of benzene rings is 2. The zero-order valence-electron chi connectivity index (χ0n) is 18.2. The second kappa shape index (κ2) is 9.98. The second-order valence-corrected chi connectivity index (χ2v) is 7.79. The molecule has 0 saturated carbocycles. The monoisotopic (exact) mass is 414 g/mol. The zero-order valence-corrected chi connectivity index (χ0v) is 18.2. The standard InChI is InChI=1S/C25H30N6/c1-3-27-25(28-11-10-22-16-29-24-14-19(2)4-9-23(22)24)30-15-20-5-7-21(8-6-20)17-31-13-12-26-18-31/h4-9,12-14,16,18,29H,3,10-11,15,17H2,1-2H3,(H2,27,28,30). The Morgan fingerprint density at radius 1 is 1.10 bits per heavy atom. The summed E-state index contributed by atoms with van der Waals surface area (Å²) in [4.78, 5) is 12.2. The van der Waals surface area contributed by atoms with E-state index in [1.54, 1.807) is 6.20 Å². The molecule has 3 N–H and O–H groups in total. The molecular weight excluding hydrogens is 384 g/mol. The van der Waals surface area contributed by atoms with Crippen LogP contribution in [0, 0.1) is 6.92 Å². The molecule has 6 heteroatoms. The quantitative estimate of drug-likeness (QED) is 0.301. The Hall–Kier alpha value is -3.54. The molecule has 0 amide bonds. The van der Waals surface area contributed by atoms with Gasteiger partial charge in [0.25, 0.3) is 0 Å². The maximum absolute atomic E-state index is 4.75. The minimum absolute atomic E-state index is 0.646. The number of aryl methyl sites for hydroxylation is 1. The van der Waals surface area contributed by atoms with Gasteiger partial charge in [-0.1, -0.05) is 36.4 Å². The summed E-state index contributed by atoms with van der Waals surface area (Å²) >= 11 is 0. The molecule has 0 fully saturated rings. The first-order valence-electron chi connectivity index (χ1n) is 10.8. The minimum Gasteiger partial charge on any atom is -0.361 e. The normalized spacial score (nSPS) is 11.7. The van der Waals surface area contributed by atoms with Crippen LogP contribution in [0.15, 0.2) is 72.4 Å². The second-order valence-electron chi connectivity index (χ2n) is 7.79. The van der Waals surface area contributed by atoms with Crippen molar-refractivity contribution in [2.75, 3.05) is 13.1 Å². The van der Waals surface area contributed by atoms with Crippen molar-refractivity contribution < 1.29 is 0 Å². The summed E-state index contributed by atoms with van der Waals surface area (Å²) in [6.45, 7) is 7.35. The molecule has 2 aromatic carbocycles. The Labute approximate surface area is 183 Å². The molecule has 4 aromatic rings. The summed E-state index contributed by atoms with van der Waals surface area (Å²) < 4.78 is 2.06. The molecule has 0 bridgehead atoms. The van der Waals surface area contributed by atoms with E-state index in [1.165, 1.54) is 33.2 Å². The maximum atomic E-state index is 4.75. The van der Waals surface area contributed by atoms with Crippen LogP contribution in [0.3, 0.4) is 0 Å². The molecule has 0 aliphatic heterocycles. The molecule has 2 aromatic heterocycles. The number of hydrogen-bond acceptors (Lipinski definition) is 2. The first kappa shape index (κ1) is 20.7. The van der Waals surface area contributed by atoms with Crippen molar-refractivity contribution in [1.29, 1.82) is 0 Å². The van der Waals surface area contributed by atoms with Crippen LogP contribution in [0.5, 0.6) is 0 Å². The van der Waals surface area contributed by atoms with Gasteiger partial charge in [0.05, 0.1) is 12.9 Å². The van der Waals surface area contributed by atoms with Gasteiger partial charge in [-0.2, -0.15) is 0 Å². The summed E-state index contributed by atoms with van der Waals surface area (Å²) in [5.41, 5.74) is 6.25. The predicted octanol–water partition coefficient (Wildman–Crippen LogP) is 4.02. The first-order valence-corrected chi connectivity index (χ1v) is 10.8. The Morgan fingerprint density at radius 3 is 2.71 bits per heavy atom. The molecule has 31 heavy (non-hydrogen) atoms. The van der Waals surface area contributed by atoms with Crippen molar-refractivity contribution in [2.45, 2.75) is 33.4 Å². The van der Waals surface area contributed by atoms with E-state index in [0.29, 0.717) is 6.54 Å². The fourth-order valence-electron chi connectivity index (χ4n) is 3.68. The van der Waals surface area contributed by atoms with Gasteiger partial charge >= 0.3 is 0 Å². The first-order chi connectivity index (χ1) is 15.2. The lowest BCUT2D eigenvalue weighted by atomic mass is 10.1. The lowest BCUT2D eigenvalue weighted by Gasteiger charge is -2.11. The molecule has 0 radical (unpaired) electrons. The van der Waals surface area contributed by atoms with Crippen LogP contribution in [-0.4, -0.2) is 33.6 Å². The summed E-state index contributed by atoms with van der Waals surface area (Å²) in [6, 6.07) is 15.2. The highest BCUT2D eigenvalue weighted by Gasteiger charge is 2.05. The van der Waals surface area contributed by atoms with Gasteiger partial charge in [0, 0.05) is 49.1 Å². The molecular formula is C25H30N6. The number of aromatic amines is 1. The Balaban J connectivity index is 1.32. The largest absolute Gasteiger partial charge is 0.361 e. The average Bonchev–Trinajstić information content (AvgIpc) is 3.43. The van der Waals surface area contributed by atoms with Gasteiger partial charge < -0.3 is 20.2 Å². The third-order valence-electron chi connectivity index (χ3n) is 5.32. The van der Waals surface area contributed by atoms with Crippen LogP contribution in [0.2, 0.25) is 0 Å². The third-order valence-corrected chi connectivity index (χ3v) is 5.32. The van der Waals surface area contributed by atoms with Crippen LogP contribution >= 0.6 is 0 Å². The highest BCUT2D eigenvalue weighted by molar-refractivity contribution is 5.84. The van der Waals surface area contributed by atoms with Crippen molar-refractivity contribution in [3.05, 3.63) is 89.6 Å². The highest BCUT2D eigenvalue weighted by Crippen LogP contribution is 2.19. The van der Waals surface area contributed by atoms with E-state index in [0.717, 1.165) is 32.0 Å². The fraction of sp³-hybridized carbons (Fsp3) is 0.280. The maximum Gasteiger partial charge on any atom is 0.191 e. The van der Waals surface area contributed by atoms with Crippen LogP contribution < -0.4 is 10.6 Å². The van der Waals surface area contributed by atoms with Crippen molar-refractivity contribution in [1.82, 2.24) is 25.2 Å². The van der Waals surface area contributed by atoms with E-state index < -0.39 is 0 Å². The lowest BCUT2D eigenvalue weighted by molar-refractivity contribution is 0.794. The van der Waals surface area contributed by atoms with Crippen LogP contribution in [0.1, 0.15) is 29.2 Å². The van der Waals surface area contributed by atoms with E-state index in [4.69, 9.17) is 4.99 Å². The lowest BCUT2D eigenvalue weighted by Crippen LogP contribution is -2.38. The SMILES string of the molecule is CCNC(=NCc1ccc(Cn2ccnc2)cc1)NCCc1c[nH]c2cc(C)ccc12. The number of nitrogens with one attached hydrogen (secondary N) is 3. The van der Waals surface area contributed by atoms with Gasteiger partial charge in [0.15, 0.2) is 5.96 Å². The molecule has 6 nitrogen and oxygen atoms in total. The number of aliphatic imine (C=N–C) groups is 1. The zero-order chi connectivity index (χ0) is 21.5. The summed E-state index contributed by atoms with van der Waals surface area (Å²) in [5, 5.41) is 8.10. The molecule has 160 valence electrons. The molecule has 0 saturated heterocycles. The number of H-pyrrole nitrogens is 1. The van der Waals surface area contributed by atoms with Gasteiger partial charge in [0.1, 0.15) is 0 Å². The molecule has 4 rings (SSSR count). The van der Waals surface area contributed by atoms with E-state index in [9.17, 15) is 0 Å². The molecule has 0 spiro atoms. The minimum atomic E-state index is 0.646. The highest BCUT2D eigenvalue weighted by atomic mass is 15.2. The number of guanidine groups is 1. The predicted molar refractivity (Wildman–Crippen MR) is 127 cm³/mol. The smallest absolute Gasteiger partial charge is 0.191 e. The third kappa shape index (κ3) is 5.54. The topological polar surface area (TPSA) is 70.0 Å². The molecule has 0 aliphatic carbocycles. The van der Waals surface area contributed by atoms with E-state index in [-0.39, 0.29) is 0 Å². The fourth-order valence-corrected chi connectivity index (χ4v) is 3.68. The molecule has 0 atom stereocenters. The summed E-state index contributed by atoms with van der Waals surface area (Å²) in [7, 11) is 0. The van der Waals surface area contributed by atoms with Crippen molar-refractivity contribution >= 4 is 16.9 Å². The van der Waals surface area contributed by atoms with E-state index in [2.05, 4.69) is 87.7 Å². The van der Waals surface area contributed by atoms with Crippen molar-refractivity contribution in [3.8, 4) is 0 Å². The van der Waals surface area contributed by atoms with E-state index in [1.807, 2.05) is 12.5 Å². The van der Waals surface area contributed by atoms with Gasteiger partial charge in [-0.25, -0.2) is 9.98 Å². The number of hydrogen-bond donors (Lipinski definition) is 3. The Kier molecular flexibility index (Phi) is 6.67. The number of nitrogens with zero attached hydrogens (tertiary/aromatic N) is 3. The van der Waals surface area contributed by atoms with Gasteiger partial charge in [-0.15, -0.1) is 0 Å². The van der Waals surface area contributed by atoms with Crippen LogP contribution in [0.4, 0.5) is 0 Å². The Bertz CT molecular complexity index is 1120. The van der Waals surface area contributed by atoms with Crippen LogP contribution in [-0.2, 0) is 19.5 Å². The molecule has 2 heterocycles.